The van der Waals surface area contributed by atoms with Crippen molar-refractivity contribution in [2.45, 2.75) is 36.7 Å². The van der Waals surface area contributed by atoms with Crippen molar-refractivity contribution >= 4 is 21.9 Å². The lowest BCUT2D eigenvalue weighted by atomic mass is 9.99. The van der Waals surface area contributed by atoms with Crippen LogP contribution in [0.5, 0.6) is 5.75 Å². The van der Waals surface area contributed by atoms with Gasteiger partial charge in [-0.25, -0.2) is 8.42 Å². The van der Waals surface area contributed by atoms with Crippen molar-refractivity contribution in [1.29, 1.82) is 0 Å². The first-order chi connectivity index (χ1) is 14.2. The molecule has 3 rings (SSSR count). The standard InChI is InChI=1S/C21H24N2O6S/c1-14(24)22-17-11-12-23(20(13-17)21(25)26)30(27,28)19-9-5-16(6-10-19)15-3-7-18(29-2)8-4-15/h3-10,17,20H,11-13H2,1-2H3,(H,22,24)(H,25,26)/t17-,20-/m1/s1. The van der Waals surface area contributed by atoms with E-state index in [4.69, 9.17) is 4.74 Å². The fourth-order valence-electron chi connectivity index (χ4n) is 3.61. The molecule has 2 atom stereocenters. The Bertz CT molecular complexity index is 1020. The van der Waals surface area contributed by atoms with Crippen LogP contribution in [0.15, 0.2) is 53.4 Å². The van der Waals surface area contributed by atoms with E-state index < -0.39 is 22.0 Å². The van der Waals surface area contributed by atoms with Crippen molar-refractivity contribution in [3.05, 3.63) is 48.5 Å². The van der Waals surface area contributed by atoms with E-state index in [0.29, 0.717) is 6.42 Å². The Morgan fingerprint density at radius 2 is 1.63 bits per heavy atom. The number of hydrogen-bond donors (Lipinski definition) is 2. The average Bonchev–Trinajstić information content (AvgIpc) is 2.73. The largest absolute Gasteiger partial charge is 0.497 e. The Hall–Kier alpha value is -2.91. The van der Waals surface area contributed by atoms with Crippen molar-refractivity contribution < 1.29 is 27.9 Å². The smallest absolute Gasteiger partial charge is 0.322 e. The van der Waals surface area contributed by atoms with Crippen molar-refractivity contribution in [3.8, 4) is 16.9 Å². The van der Waals surface area contributed by atoms with Crippen molar-refractivity contribution in [2.75, 3.05) is 13.7 Å². The summed E-state index contributed by atoms with van der Waals surface area (Å²) in [5.74, 6) is -0.779. The zero-order valence-electron chi connectivity index (χ0n) is 16.7. The summed E-state index contributed by atoms with van der Waals surface area (Å²) in [6, 6.07) is 12.1. The van der Waals surface area contributed by atoms with Crippen molar-refractivity contribution in [1.82, 2.24) is 9.62 Å². The molecule has 0 aliphatic carbocycles. The van der Waals surface area contributed by atoms with Crippen LogP contribution in [-0.2, 0) is 19.6 Å². The quantitative estimate of drug-likeness (QED) is 0.723. The van der Waals surface area contributed by atoms with Gasteiger partial charge in [-0.15, -0.1) is 0 Å². The van der Waals surface area contributed by atoms with Crippen LogP contribution in [0.3, 0.4) is 0 Å². The molecule has 1 amide bonds. The van der Waals surface area contributed by atoms with Crippen molar-refractivity contribution in [2.24, 2.45) is 0 Å². The molecule has 30 heavy (non-hydrogen) atoms. The van der Waals surface area contributed by atoms with E-state index in [9.17, 15) is 23.1 Å². The fourth-order valence-corrected chi connectivity index (χ4v) is 5.22. The molecule has 8 nitrogen and oxygen atoms in total. The van der Waals surface area contributed by atoms with E-state index in [0.717, 1.165) is 21.2 Å². The third-order valence-electron chi connectivity index (χ3n) is 5.13. The number of benzene rings is 2. The lowest BCUT2D eigenvalue weighted by molar-refractivity contribution is -0.143. The Morgan fingerprint density at radius 3 is 2.13 bits per heavy atom. The van der Waals surface area contributed by atoms with Crippen LogP contribution in [0.2, 0.25) is 0 Å². The van der Waals surface area contributed by atoms with Crippen LogP contribution in [0.4, 0.5) is 0 Å². The van der Waals surface area contributed by atoms with Crippen molar-refractivity contribution in [3.63, 3.8) is 0 Å². The molecule has 1 saturated heterocycles. The molecule has 2 aromatic rings. The number of carboxylic acid groups (broad SMARTS) is 1. The molecule has 160 valence electrons. The summed E-state index contributed by atoms with van der Waals surface area (Å²) in [7, 11) is -2.42. The normalized spacial score (nSPS) is 19.8. The highest BCUT2D eigenvalue weighted by Gasteiger charge is 2.41. The molecule has 2 N–H and O–H groups in total. The number of carbonyl (C=O) groups is 2. The number of amides is 1. The maximum atomic E-state index is 13.1. The molecule has 0 spiro atoms. The SMILES string of the molecule is COc1ccc(-c2ccc(S(=O)(=O)N3CC[C@@H](NC(C)=O)C[C@@H]3C(=O)O)cc2)cc1. The van der Waals surface area contributed by atoms with Gasteiger partial charge in [0.2, 0.25) is 15.9 Å². The first-order valence-corrected chi connectivity index (χ1v) is 10.9. The molecule has 0 radical (unpaired) electrons. The van der Waals surface area contributed by atoms with E-state index in [-0.39, 0.29) is 29.8 Å². The Balaban J connectivity index is 1.83. The summed E-state index contributed by atoms with van der Waals surface area (Å²) in [6.07, 6.45) is 0.380. The summed E-state index contributed by atoms with van der Waals surface area (Å²) in [6.45, 7) is 1.37. The second-order valence-corrected chi connectivity index (χ2v) is 9.04. The molecular formula is C21H24N2O6S. The van der Waals surface area contributed by atoms with Gasteiger partial charge in [-0.05, 0) is 48.2 Å². The number of sulfonamides is 1. The monoisotopic (exact) mass is 432 g/mol. The van der Waals surface area contributed by atoms with Crippen LogP contribution < -0.4 is 10.1 Å². The van der Waals surface area contributed by atoms with Crippen LogP contribution in [0.1, 0.15) is 19.8 Å². The first-order valence-electron chi connectivity index (χ1n) is 9.48. The minimum Gasteiger partial charge on any atom is -0.497 e. The number of hydrogen-bond acceptors (Lipinski definition) is 5. The summed E-state index contributed by atoms with van der Waals surface area (Å²) < 4.78 is 32.4. The van der Waals surface area contributed by atoms with Gasteiger partial charge in [0.1, 0.15) is 11.8 Å². The number of carbonyl (C=O) groups excluding carboxylic acids is 1. The molecular weight excluding hydrogens is 408 g/mol. The maximum absolute atomic E-state index is 13.1. The van der Waals surface area contributed by atoms with Gasteiger partial charge < -0.3 is 15.2 Å². The molecule has 0 aromatic heterocycles. The predicted octanol–water partition coefficient (Wildman–Crippen LogP) is 2.10. The van der Waals surface area contributed by atoms with Crippen LogP contribution in [-0.4, -0.2) is 55.4 Å². The first kappa shape index (κ1) is 21.8. The number of methoxy groups -OCH3 is 1. The van der Waals surface area contributed by atoms with Gasteiger partial charge in [0.25, 0.3) is 0 Å². The summed E-state index contributed by atoms with van der Waals surface area (Å²) in [5, 5.41) is 12.3. The number of ether oxygens (including phenoxy) is 1. The van der Waals surface area contributed by atoms with E-state index in [1.807, 2.05) is 24.3 Å². The van der Waals surface area contributed by atoms with Gasteiger partial charge in [0, 0.05) is 19.5 Å². The van der Waals surface area contributed by atoms with E-state index >= 15 is 0 Å². The van der Waals surface area contributed by atoms with Crippen LogP contribution in [0, 0.1) is 0 Å². The second kappa shape index (κ2) is 8.85. The minimum absolute atomic E-state index is 0.0183. The summed E-state index contributed by atoms with van der Waals surface area (Å²) >= 11 is 0. The predicted molar refractivity (Wildman–Crippen MR) is 111 cm³/mol. The average molecular weight is 432 g/mol. The second-order valence-electron chi connectivity index (χ2n) is 7.14. The number of nitrogens with zero attached hydrogens (tertiary/aromatic N) is 1. The van der Waals surface area contributed by atoms with Crippen LogP contribution in [0.25, 0.3) is 11.1 Å². The lowest BCUT2D eigenvalue weighted by Gasteiger charge is -2.36. The zero-order chi connectivity index (χ0) is 21.9. The van der Waals surface area contributed by atoms with Gasteiger partial charge in [-0.3, -0.25) is 9.59 Å². The van der Waals surface area contributed by atoms with E-state index in [1.54, 1.807) is 19.2 Å². The third-order valence-corrected chi connectivity index (χ3v) is 7.05. The van der Waals surface area contributed by atoms with Gasteiger partial charge in [-0.1, -0.05) is 24.3 Å². The van der Waals surface area contributed by atoms with Crippen LogP contribution >= 0.6 is 0 Å². The highest BCUT2D eigenvalue weighted by Crippen LogP contribution is 2.28. The number of piperidine rings is 1. The maximum Gasteiger partial charge on any atom is 0.322 e. The number of nitrogens with one attached hydrogen (secondary N) is 1. The molecule has 0 bridgehead atoms. The van der Waals surface area contributed by atoms with E-state index in [2.05, 4.69) is 5.32 Å². The topological polar surface area (TPSA) is 113 Å². The Kier molecular flexibility index (Phi) is 6.42. The molecule has 0 saturated carbocycles. The Labute approximate surface area is 175 Å². The molecule has 2 aromatic carbocycles. The molecule has 1 fully saturated rings. The lowest BCUT2D eigenvalue weighted by Crippen LogP contribution is -2.54. The highest BCUT2D eigenvalue weighted by atomic mass is 32.2. The number of aliphatic carboxylic acids is 1. The molecule has 0 unspecified atom stereocenters. The van der Waals surface area contributed by atoms with E-state index in [1.165, 1.54) is 19.1 Å². The Morgan fingerprint density at radius 1 is 1.07 bits per heavy atom. The minimum atomic E-state index is -4.00. The molecule has 1 heterocycles. The molecule has 9 heteroatoms. The fraction of sp³-hybridized carbons (Fsp3) is 0.333. The summed E-state index contributed by atoms with van der Waals surface area (Å²) in [4.78, 5) is 23.0. The number of rotatable bonds is 6. The van der Waals surface area contributed by atoms with Gasteiger partial charge in [-0.2, -0.15) is 4.31 Å². The molecule has 1 aliphatic heterocycles. The zero-order valence-corrected chi connectivity index (χ0v) is 17.6. The highest BCUT2D eigenvalue weighted by molar-refractivity contribution is 7.89. The molecule has 1 aliphatic rings. The number of carboxylic acids is 1. The van der Waals surface area contributed by atoms with Gasteiger partial charge >= 0.3 is 5.97 Å². The van der Waals surface area contributed by atoms with Gasteiger partial charge in [0.15, 0.2) is 0 Å². The van der Waals surface area contributed by atoms with Gasteiger partial charge in [0.05, 0.1) is 12.0 Å². The summed E-state index contributed by atoms with van der Waals surface area (Å²) in [5.41, 5.74) is 1.73. The third kappa shape index (κ3) is 4.63.